The van der Waals surface area contributed by atoms with Gasteiger partial charge in [-0.3, -0.25) is 9.36 Å². The van der Waals surface area contributed by atoms with Crippen LogP contribution in [0.25, 0.3) is 11.0 Å². The number of aromatic nitrogens is 1. The predicted molar refractivity (Wildman–Crippen MR) is 109 cm³/mol. The molecule has 152 valence electrons. The molecule has 3 aromatic heterocycles. The molecule has 0 spiro atoms. The van der Waals surface area contributed by atoms with Gasteiger partial charge in [-0.1, -0.05) is 11.8 Å². The van der Waals surface area contributed by atoms with Gasteiger partial charge in [-0.15, -0.1) is 0 Å². The monoisotopic (exact) mass is 423 g/mol. The smallest absolute Gasteiger partial charge is 0.347 e. The summed E-state index contributed by atoms with van der Waals surface area (Å²) in [5, 5.41) is 9.41. The third kappa shape index (κ3) is 3.21. The zero-order valence-electron chi connectivity index (χ0n) is 16.1. The molecule has 1 aliphatic rings. The van der Waals surface area contributed by atoms with Crippen LogP contribution >= 0.6 is 11.8 Å². The fourth-order valence-corrected chi connectivity index (χ4v) is 4.35. The van der Waals surface area contributed by atoms with E-state index in [1.165, 1.54) is 17.1 Å². The molecule has 0 saturated carbocycles. The standard InChI is InChI=1S/C21H17N3O5S/c1-11(2)29-21(26)19-17-13(9-12-5-3-7-27-12)16(23)14(10-22)24(17)20(25)18(30-19)15-6-4-8-28-15/h3-9,11,18H,23H2,1-2H3/b13-9+. The second kappa shape index (κ2) is 7.65. The number of hydrogen-bond donors (Lipinski definition) is 1. The molecule has 4 rings (SSSR count). The van der Waals surface area contributed by atoms with Crippen molar-refractivity contribution in [3.05, 3.63) is 64.6 Å². The first-order chi connectivity index (χ1) is 14.4. The number of furan rings is 2. The fourth-order valence-electron chi connectivity index (χ4n) is 3.20. The molecule has 0 amide bonds. The number of nitrogen functional groups attached to an aromatic ring is 1. The molecule has 0 saturated heterocycles. The van der Waals surface area contributed by atoms with Crippen molar-refractivity contribution in [2.24, 2.45) is 0 Å². The van der Waals surface area contributed by atoms with Crippen LogP contribution in [0.4, 0.5) is 5.69 Å². The van der Waals surface area contributed by atoms with E-state index in [1.54, 1.807) is 44.2 Å². The van der Waals surface area contributed by atoms with Gasteiger partial charge in [-0.25, -0.2) is 4.79 Å². The Labute approximate surface area is 175 Å². The molecular formula is C21H17N3O5S. The average Bonchev–Trinajstić information content (AvgIpc) is 3.44. The highest BCUT2D eigenvalue weighted by Gasteiger charge is 2.38. The summed E-state index contributed by atoms with van der Waals surface area (Å²) in [4.78, 5) is 26.4. The number of nitrogens with two attached hydrogens (primary N) is 1. The minimum Gasteiger partial charge on any atom is -0.468 e. The highest BCUT2D eigenvalue weighted by Crippen LogP contribution is 2.39. The van der Waals surface area contributed by atoms with Crippen molar-refractivity contribution in [1.82, 2.24) is 4.57 Å². The number of esters is 1. The lowest BCUT2D eigenvalue weighted by Crippen LogP contribution is -2.42. The van der Waals surface area contributed by atoms with Gasteiger partial charge in [0.25, 0.3) is 5.91 Å². The van der Waals surface area contributed by atoms with Crippen LogP contribution in [0.1, 0.15) is 41.1 Å². The summed E-state index contributed by atoms with van der Waals surface area (Å²) in [6, 6.07) is 8.66. The van der Waals surface area contributed by atoms with Crippen molar-refractivity contribution in [1.29, 1.82) is 5.26 Å². The van der Waals surface area contributed by atoms with Crippen LogP contribution in [-0.4, -0.2) is 22.5 Å². The average molecular weight is 423 g/mol. The second-order valence-corrected chi connectivity index (χ2v) is 7.88. The number of fused-ring (bicyclic) bond motifs is 1. The van der Waals surface area contributed by atoms with Crippen LogP contribution < -0.4 is 16.3 Å². The van der Waals surface area contributed by atoms with Gasteiger partial charge in [-0.2, -0.15) is 5.26 Å². The third-order valence-corrected chi connectivity index (χ3v) is 5.67. The molecule has 0 aromatic carbocycles. The lowest BCUT2D eigenvalue weighted by molar-refractivity contribution is -0.139. The minimum atomic E-state index is -0.863. The van der Waals surface area contributed by atoms with E-state index in [4.69, 9.17) is 19.3 Å². The zero-order valence-corrected chi connectivity index (χ0v) is 16.9. The summed E-state index contributed by atoms with van der Waals surface area (Å²) in [5.41, 5.74) is 6.25. The van der Waals surface area contributed by atoms with Crippen molar-refractivity contribution >= 4 is 40.3 Å². The maximum absolute atomic E-state index is 13.3. The number of carbonyl (C=O) groups excluding carboxylic acids is 2. The minimum absolute atomic E-state index is 0.0560. The summed E-state index contributed by atoms with van der Waals surface area (Å²) in [6.07, 6.45) is 4.14. The molecule has 9 heteroatoms. The number of rotatable bonds is 4. The molecule has 0 radical (unpaired) electrons. The predicted octanol–water partition coefficient (Wildman–Crippen LogP) is 2.14. The number of ether oxygens (including phenoxy) is 1. The second-order valence-electron chi connectivity index (χ2n) is 6.77. The number of anilines is 1. The van der Waals surface area contributed by atoms with E-state index in [9.17, 15) is 14.9 Å². The highest BCUT2D eigenvalue weighted by molar-refractivity contribution is 8.10. The van der Waals surface area contributed by atoms with E-state index in [1.807, 2.05) is 6.07 Å². The van der Waals surface area contributed by atoms with Gasteiger partial charge in [0, 0.05) is 5.22 Å². The maximum atomic E-state index is 13.3. The van der Waals surface area contributed by atoms with E-state index in [0.29, 0.717) is 16.7 Å². The number of hydrogen-bond acceptors (Lipinski definition) is 8. The van der Waals surface area contributed by atoms with Gasteiger partial charge in [0.05, 0.1) is 29.7 Å². The van der Waals surface area contributed by atoms with Crippen LogP contribution in [0.15, 0.2) is 45.6 Å². The summed E-state index contributed by atoms with van der Waals surface area (Å²) in [7, 11) is 0. The molecule has 4 heterocycles. The summed E-state index contributed by atoms with van der Waals surface area (Å²) >= 11 is 1.01. The van der Waals surface area contributed by atoms with Gasteiger partial charge in [-0.05, 0) is 44.2 Å². The Bertz CT molecular complexity index is 1280. The Hall–Kier alpha value is -3.64. The molecule has 2 N–H and O–H groups in total. The van der Waals surface area contributed by atoms with Crippen molar-refractivity contribution < 1.29 is 23.2 Å². The SMILES string of the molecule is CC(C)OC(=O)C1=c2/c(=C/c3ccco3)c(N)c(C#N)n2C(=O)C(c2ccco2)S1. The number of nitrogens with zero attached hydrogens (tertiary/aromatic N) is 2. The van der Waals surface area contributed by atoms with E-state index in [2.05, 4.69) is 0 Å². The lowest BCUT2D eigenvalue weighted by Gasteiger charge is -2.21. The van der Waals surface area contributed by atoms with Gasteiger partial charge < -0.3 is 19.3 Å². The molecule has 1 unspecified atom stereocenters. The Morgan fingerprint density at radius 2 is 2.07 bits per heavy atom. The maximum Gasteiger partial charge on any atom is 0.347 e. The first-order valence-electron chi connectivity index (χ1n) is 9.07. The Balaban J connectivity index is 2.07. The van der Waals surface area contributed by atoms with E-state index >= 15 is 0 Å². The van der Waals surface area contributed by atoms with Gasteiger partial charge in [0.2, 0.25) is 0 Å². The first-order valence-corrected chi connectivity index (χ1v) is 9.95. The van der Waals surface area contributed by atoms with Crippen molar-refractivity contribution in [3.8, 4) is 6.07 Å². The van der Waals surface area contributed by atoms with E-state index < -0.39 is 17.1 Å². The molecular weight excluding hydrogens is 406 g/mol. The molecule has 1 aliphatic heterocycles. The van der Waals surface area contributed by atoms with Gasteiger partial charge in [0.15, 0.2) is 5.69 Å². The molecule has 0 bridgehead atoms. The Morgan fingerprint density at radius 1 is 1.33 bits per heavy atom. The van der Waals surface area contributed by atoms with Gasteiger partial charge >= 0.3 is 5.97 Å². The first kappa shape index (κ1) is 19.7. The molecule has 3 aromatic rings. The molecule has 8 nitrogen and oxygen atoms in total. The van der Waals surface area contributed by atoms with Crippen LogP contribution in [0.2, 0.25) is 0 Å². The molecule has 30 heavy (non-hydrogen) atoms. The van der Waals surface area contributed by atoms with Crippen LogP contribution in [0, 0.1) is 11.3 Å². The summed E-state index contributed by atoms with van der Waals surface area (Å²) < 4.78 is 17.3. The van der Waals surface area contributed by atoms with Crippen LogP contribution in [-0.2, 0) is 9.53 Å². The Morgan fingerprint density at radius 3 is 2.67 bits per heavy atom. The summed E-state index contributed by atoms with van der Waals surface area (Å²) in [5.74, 6) is -0.232. The zero-order chi connectivity index (χ0) is 21.4. The lowest BCUT2D eigenvalue weighted by atomic mass is 10.2. The fraction of sp³-hybridized carbons (Fsp3) is 0.190. The van der Waals surface area contributed by atoms with Gasteiger partial charge in [0.1, 0.15) is 27.7 Å². The van der Waals surface area contributed by atoms with Crippen LogP contribution in [0.3, 0.4) is 0 Å². The molecule has 0 fully saturated rings. The van der Waals surface area contributed by atoms with E-state index in [-0.39, 0.29) is 27.7 Å². The Kier molecular flexibility index (Phi) is 5.01. The number of nitriles is 1. The van der Waals surface area contributed by atoms with Crippen molar-refractivity contribution in [3.63, 3.8) is 0 Å². The van der Waals surface area contributed by atoms with Crippen molar-refractivity contribution in [2.45, 2.75) is 25.2 Å². The van der Waals surface area contributed by atoms with Crippen LogP contribution in [0.5, 0.6) is 0 Å². The normalized spacial score (nSPS) is 16.6. The molecule has 1 atom stereocenters. The third-order valence-electron chi connectivity index (χ3n) is 4.41. The quantitative estimate of drug-likeness (QED) is 0.633. The van der Waals surface area contributed by atoms with E-state index in [0.717, 1.165) is 11.8 Å². The number of thioether (sulfide) groups is 1. The molecule has 0 aliphatic carbocycles. The summed E-state index contributed by atoms with van der Waals surface area (Å²) in [6.45, 7) is 3.45. The van der Waals surface area contributed by atoms with Crippen molar-refractivity contribution in [2.75, 3.05) is 5.73 Å². The highest BCUT2D eigenvalue weighted by atomic mass is 32.2. The number of carbonyl (C=O) groups is 2. The topological polar surface area (TPSA) is 124 Å². The largest absolute Gasteiger partial charge is 0.468 e.